The standard InChI is InChI=1S/C24H21N3O4.C23H22N4O5.C23H23N3O3.C22H23N3O4.C21H20N4O4/c1-29-23-18(24(28)25-14-17-3-2-11-30-17)6-8-20-22(23)19(26-27-20)7-4-15-5-9-21-16(13-15)10-12-31-21;1-29-18-9-5-14(12-19(18)30-2)4-7-16-21-17(27-26-16)8-6-15(22(21)31-3)23(28)25-13-20-24-10-11-32-20;1-28-22-17(23(27)24-13-15-2-3-15)6-8-19-21(22)18(25-26-19)7-4-14-5-9-20-16(12-14)10-11-29-20;1-5-12-23-22(26)15-8-10-17-20(21(15)29-4)16(24-25-17)9-6-14-7-11-18(27-2)19(13-14)28-3;1-27-17-9-5-13(12-18(17)28-2)4-7-15-19-16(25-24-15)8-6-14(20(19)29-3)21(26)23-11-10-22/h2-9,11,13H,10,12,14H2,1H3,(H,25,28)(H,26,27);4-12H,13H2,1-3H3,(H,25,28)(H,26,27);4-9,12,15H,2-3,10-11,13H2,1H3,(H,24,27)(H,25,26);5-11,13H,1,12H2,2-4H3,(H,23,26)(H,24,25);4-9,12H,11H2,1-3H3,(H,23,26)(H,24,25)/b3*7-4+;9-6+;7-4+. The Kier molecular flexibility index (Phi) is 34.1. The average molecular weight is 2030 g/mol. The van der Waals surface area contributed by atoms with Crippen LogP contribution >= 0.6 is 0 Å². The van der Waals surface area contributed by atoms with Gasteiger partial charge in [0, 0.05) is 25.9 Å². The van der Waals surface area contributed by atoms with Gasteiger partial charge in [0.2, 0.25) is 5.89 Å². The number of furan rings is 1. The van der Waals surface area contributed by atoms with Crippen molar-refractivity contribution in [1.29, 1.82) is 5.26 Å². The fourth-order valence-electron chi connectivity index (χ4n) is 16.9. The first kappa shape index (κ1) is 104. The van der Waals surface area contributed by atoms with Gasteiger partial charge in [0.1, 0.15) is 58.8 Å². The number of fused-ring (bicyclic) bond motifs is 7. The molecule has 3 aliphatic rings. The summed E-state index contributed by atoms with van der Waals surface area (Å²) in [5.74, 6) is 8.52. The molecule has 1 aliphatic carbocycles. The molecule has 1 fully saturated rings. The molecule has 9 heterocycles. The summed E-state index contributed by atoms with van der Waals surface area (Å²) in [5, 5.41) is 63.0. The molecule has 0 bridgehead atoms. The minimum atomic E-state index is -0.388. The van der Waals surface area contributed by atoms with Crippen LogP contribution in [0.15, 0.2) is 204 Å². The zero-order chi connectivity index (χ0) is 105. The first-order valence-corrected chi connectivity index (χ1v) is 47.5. The largest absolute Gasteiger partial charge is 0.495 e. The van der Waals surface area contributed by atoms with Crippen LogP contribution in [0.1, 0.15) is 144 Å². The summed E-state index contributed by atoms with van der Waals surface area (Å²) in [4.78, 5) is 67.0. The smallest absolute Gasteiger partial charge is 0.255 e. The van der Waals surface area contributed by atoms with Crippen molar-refractivity contribution in [3.8, 4) is 80.8 Å². The fourth-order valence-corrected chi connectivity index (χ4v) is 16.9. The number of aromatic nitrogens is 11. The van der Waals surface area contributed by atoms with Crippen molar-refractivity contribution in [3.63, 3.8) is 0 Å². The van der Waals surface area contributed by atoms with E-state index in [1.54, 1.807) is 130 Å². The Bertz CT molecular complexity index is 7970. The second-order valence-corrected chi connectivity index (χ2v) is 33.7. The summed E-state index contributed by atoms with van der Waals surface area (Å²) in [7, 11) is 17.2. The molecule has 0 unspecified atom stereocenters. The van der Waals surface area contributed by atoms with Crippen molar-refractivity contribution in [2.45, 2.75) is 38.8 Å². The van der Waals surface area contributed by atoms with E-state index in [0.29, 0.717) is 160 Å². The molecule has 10 N–H and O–H groups in total. The number of nitrogens with one attached hydrogen (secondary N) is 10. The van der Waals surface area contributed by atoms with Gasteiger partial charge in [-0.2, -0.15) is 30.8 Å². The van der Waals surface area contributed by atoms with E-state index in [1.807, 2.05) is 158 Å². The Morgan fingerprint density at radius 2 is 0.707 bits per heavy atom. The van der Waals surface area contributed by atoms with Crippen LogP contribution in [-0.2, 0) is 25.9 Å². The van der Waals surface area contributed by atoms with Gasteiger partial charge in [0.05, 0.1) is 234 Å². The minimum absolute atomic E-state index is 0.0858. The lowest BCUT2D eigenvalue weighted by Crippen LogP contribution is -2.26. The number of nitriles is 1. The summed E-state index contributed by atoms with van der Waals surface area (Å²) < 4.78 is 81.4. The Morgan fingerprint density at radius 1 is 0.373 bits per heavy atom. The second-order valence-electron chi connectivity index (χ2n) is 33.7. The Labute approximate surface area is 861 Å². The van der Waals surface area contributed by atoms with E-state index in [0.717, 1.165) is 116 Å². The molecule has 1 saturated carbocycles. The fraction of sp³-hybridized carbons (Fsp3) is 0.204. The third kappa shape index (κ3) is 24.2. The zero-order valence-electron chi connectivity index (χ0n) is 84.0. The van der Waals surface area contributed by atoms with Crippen LogP contribution in [0.4, 0.5) is 0 Å². The molecule has 17 aromatic rings. The SMILES string of the molecule is C=CCNC(=O)c1ccc2n[nH]c(/C=C/c3ccc(OC)c(OC)c3)c2c1OC.COc1c(C(=O)NCC2CC2)ccc2n[nH]c(/C=C/c3ccc4c(c3)CCO4)c12.COc1c(C(=O)NCc2ccco2)ccc2n[nH]c(/C=C/c3ccc4c(c3)CCO4)c12.COc1ccc(/C=C/c2[nH]nc3ccc(C(=O)NCC#N)c(OC)c23)cc1OC.COc1ccc(/C=C/c2[nH]nc3ccc(C(=O)NCc4ncco4)c(OC)c23)cc1OC. The van der Waals surface area contributed by atoms with Crippen LogP contribution in [0.3, 0.4) is 0 Å². The maximum atomic E-state index is 12.8. The normalized spacial score (nSPS) is 12.2. The Morgan fingerprint density at radius 3 is 1.02 bits per heavy atom. The molecule has 0 spiro atoms. The van der Waals surface area contributed by atoms with Crippen molar-refractivity contribution in [2.24, 2.45) is 5.92 Å². The van der Waals surface area contributed by atoms with Gasteiger partial charge in [0.25, 0.3) is 29.5 Å². The molecule has 766 valence electrons. The zero-order valence-corrected chi connectivity index (χ0v) is 84.0. The molecule has 0 saturated heterocycles. The molecule has 7 aromatic heterocycles. The number of methoxy groups -OCH3 is 11. The van der Waals surface area contributed by atoms with Crippen molar-refractivity contribution < 1.29 is 94.4 Å². The van der Waals surface area contributed by atoms with Crippen LogP contribution in [0.25, 0.3) is 115 Å². The number of rotatable bonds is 35. The Hall–Kier alpha value is -19.3. The van der Waals surface area contributed by atoms with Crippen LogP contribution < -0.4 is 88.2 Å². The van der Waals surface area contributed by atoms with Gasteiger partial charge in [-0.15, -0.1) is 6.58 Å². The summed E-state index contributed by atoms with van der Waals surface area (Å²) >= 11 is 0. The number of oxazole rings is 1. The van der Waals surface area contributed by atoms with E-state index in [2.05, 4.69) is 101 Å². The third-order valence-corrected chi connectivity index (χ3v) is 24.5. The predicted molar refractivity (Wildman–Crippen MR) is 571 cm³/mol. The average Bonchev–Trinajstić information content (AvgIpc) is 1.64. The molecular weight excluding hydrogens is 1920 g/mol. The number of aromatic amines is 5. The highest BCUT2D eigenvalue weighted by atomic mass is 16.5. The quantitative estimate of drug-likeness (QED) is 0.0130. The molecule has 150 heavy (non-hydrogen) atoms. The van der Waals surface area contributed by atoms with Gasteiger partial charge >= 0.3 is 0 Å². The third-order valence-electron chi connectivity index (χ3n) is 24.5. The van der Waals surface area contributed by atoms with Crippen molar-refractivity contribution in [2.75, 3.05) is 111 Å². The molecular formula is C113H109N17O20. The molecule has 2 aliphatic heterocycles. The molecule has 37 heteroatoms. The number of ether oxygens (including phenoxy) is 13. The Balaban J connectivity index is 0.000000134. The lowest BCUT2D eigenvalue weighted by atomic mass is 10.1. The number of nitrogens with zero attached hydrogens (tertiary/aromatic N) is 7. The predicted octanol–water partition coefficient (Wildman–Crippen LogP) is 18.4. The number of carbonyl (C=O) groups is 5. The van der Waals surface area contributed by atoms with E-state index < -0.39 is 0 Å². The first-order chi connectivity index (χ1) is 73.3. The van der Waals surface area contributed by atoms with Gasteiger partial charge in [-0.25, -0.2) is 4.98 Å². The van der Waals surface area contributed by atoms with Gasteiger partial charge in [-0.1, -0.05) is 66.8 Å². The summed E-state index contributed by atoms with van der Waals surface area (Å²) in [6.07, 6.45) is 29.7. The van der Waals surface area contributed by atoms with Crippen LogP contribution in [-0.4, -0.2) is 197 Å². The van der Waals surface area contributed by atoms with E-state index >= 15 is 0 Å². The highest BCUT2D eigenvalue weighted by molar-refractivity contribution is 6.10. The molecule has 10 aromatic carbocycles. The van der Waals surface area contributed by atoms with Crippen LogP contribution in [0.5, 0.6) is 74.7 Å². The number of carbonyl (C=O) groups excluding carboxylic acids is 5. The molecule has 0 atom stereocenters. The van der Waals surface area contributed by atoms with E-state index in [4.69, 9.17) is 75.7 Å². The highest BCUT2D eigenvalue weighted by Gasteiger charge is 2.28. The summed E-state index contributed by atoms with van der Waals surface area (Å²) in [5.41, 5.74) is 16.7. The monoisotopic (exact) mass is 2020 g/mol. The van der Waals surface area contributed by atoms with Gasteiger partial charge < -0.3 is 97.0 Å². The van der Waals surface area contributed by atoms with E-state index in [-0.39, 0.29) is 42.6 Å². The number of amides is 5. The number of benzene rings is 10. The van der Waals surface area contributed by atoms with Gasteiger partial charge in [0.15, 0.2) is 34.5 Å². The first-order valence-electron chi connectivity index (χ1n) is 47.5. The van der Waals surface area contributed by atoms with E-state index in [9.17, 15) is 24.0 Å². The van der Waals surface area contributed by atoms with Gasteiger partial charge in [-0.05, 0) is 222 Å². The second kappa shape index (κ2) is 49.3. The number of hydrogen-bond acceptors (Lipinski definition) is 27. The molecule has 5 amide bonds. The van der Waals surface area contributed by atoms with Crippen molar-refractivity contribution in [1.82, 2.24) is 82.6 Å². The molecule has 20 rings (SSSR count). The lowest BCUT2D eigenvalue weighted by molar-refractivity contribution is 0.0937. The topological polar surface area (TPSA) is 472 Å². The minimum Gasteiger partial charge on any atom is -0.495 e. The van der Waals surface area contributed by atoms with E-state index in [1.165, 1.54) is 57.8 Å². The molecule has 37 nitrogen and oxygen atoms in total. The van der Waals surface area contributed by atoms with Crippen LogP contribution in [0.2, 0.25) is 0 Å². The maximum Gasteiger partial charge on any atom is 0.255 e. The van der Waals surface area contributed by atoms with Crippen molar-refractivity contribution >= 4 is 145 Å². The summed E-state index contributed by atoms with van der Waals surface area (Å²) in [6.45, 7) is 6.57. The highest BCUT2D eigenvalue weighted by Crippen LogP contribution is 2.42. The molecule has 0 radical (unpaired) electrons. The summed E-state index contributed by atoms with van der Waals surface area (Å²) in [6, 6.07) is 52.0. The number of H-pyrrole nitrogens is 5. The van der Waals surface area contributed by atoms with Crippen LogP contribution in [0, 0.1) is 17.2 Å². The lowest BCUT2D eigenvalue weighted by Gasteiger charge is -2.10. The van der Waals surface area contributed by atoms with Gasteiger partial charge in [-0.3, -0.25) is 49.5 Å². The number of hydrogen-bond donors (Lipinski definition) is 10. The maximum absolute atomic E-state index is 12.8. The van der Waals surface area contributed by atoms with Crippen molar-refractivity contribution in [3.05, 3.63) is 302 Å².